The molecule has 0 saturated carbocycles. The second-order valence-electron chi connectivity index (χ2n) is 7.97. The first kappa shape index (κ1) is 24.0. The SMILES string of the molecule is CCCCCCCCCCC(CCN)CCCCCCCCCC. The molecule has 0 aliphatic heterocycles. The zero-order valence-corrected chi connectivity index (χ0v) is 17.3. The number of unbranched alkanes of at least 4 members (excludes halogenated alkanes) is 14. The summed E-state index contributed by atoms with van der Waals surface area (Å²) in [7, 11) is 0. The van der Waals surface area contributed by atoms with E-state index in [0.29, 0.717) is 0 Å². The molecule has 0 aromatic carbocycles. The van der Waals surface area contributed by atoms with Gasteiger partial charge in [0.25, 0.3) is 0 Å². The Morgan fingerprint density at radius 3 is 1.12 bits per heavy atom. The summed E-state index contributed by atoms with van der Waals surface area (Å²) in [6.45, 7) is 5.48. The maximum absolute atomic E-state index is 5.83. The van der Waals surface area contributed by atoms with Crippen LogP contribution < -0.4 is 5.73 Å². The minimum absolute atomic E-state index is 0.888. The van der Waals surface area contributed by atoms with Gasteiger partial charge in [-0.3, -0.25) is 0 Å². The van der Waals surface area contributed by atoms with E-state index in [9.17, 15) is 0 Å². The monoisotopic (exact) mass is 339 g/mol. The average molecular weight is 340 g/mol. The van der Waals surface area contributed by atoms with Crippen molar-refractivity contribution in [1.82, 2.24) is 0 Å². The lowest BCUT2D eigenvalue weighted by Crippen LogP contribution is -2.09. The van der Waals surface area contributed by atoms with Crippen molar-refractivity contribution < 1.29 is 0 Å². The molecule has 2 N–H and O–H groups in total. The molecule has 0 rings (SSSR count). The van der Waals surface area contributed by atoms with Gasteiger partial charge < -0.3 is 5.73 Å². The first-order chi connectivity index (χ1) is 11.8. The van der Waals surface area contributed by atoms with E-state index in [1.54, 1.807) is 0 Å². The van der Waals surface area contributed by atoms with E-state index in [0.717, 1.165) is 12.5 Å². The second kappa shape index (κ2) is 21.0. The molecule has 0 fully saturated rings. The Morgan fingerprint density at radius 1 is 0.458 bits per heavy atom. The highest BCUT2D eigenvalue weighted by Crippen LogP contribution is 2.21. The highest BCUT2D eigenvalue weighted by atomic mass is 14.5. The molecule has 0 aliphatic rings. The van der Waals surface area contributed by atoms with Crippen LogP contribution in [0.5, 0.6) is 0 Å². The largest absolute Gasteiger partial charge is 0.330 e. The smallest absolute Gasteiger partial charge is 0.00746 e. The molecule has 1 heteroatoms. The van der Waals surface area contributed by atoms with E-state index >= 15 is 0 Å². The molecule has 24 heavy (non-hydrogen) atoms. The van der Waals surface area contributed by atoms with Crippen molar-refractivity contribution >= 4 is 0 Å². The molecule has 0 amide bonds. The van der Waals surface area contributed by atoms with Crippen molar-refractivity contribution in [3.63, 3.8) is 0 Å². The number of nitrogens with two attached hydrogens (primary N) is 1. The number of hydrogen-bond donors (Lipinski definition) is 1. The summed E-state index contributed by atoms with van der Waals surface area (Å²) in [5, 5.41) is 0. The first-order valence-electron chi connectivity index (χ1n) is 11.5. The van der Waals surface area contributed by atoms with E-state index in [-0.39, 0.29) is 0 Å². The van der Waals surface area contributed by atoms with Crippen molar-refractivity contribution in [2.75, 3.05) is 6.54 Å². The van der Waals surface area contributed by atoms with Gasteiger partial charge in [-0.15, -0.1) is 0 Å². The van der Waals surface area contributed by atoms with Gasteiger partial charge in [0.2, 0.25) is 0 Å². The third-order valence-corrected chi connectivity index (χ3v) is 5.51. The van der Waals surface area contributed by atoms with Crippen molar-refractivity contribution in [1.29, 1.82) is 0 Å². The summed E-state index contributed by atoms with van der Waals surface area (Å²) in [6.07, 6.45) is 27.1. The van der Waals surface area contributed by atoms with Gasteiger partial charge in [0.15, 0.2) is 0 Å². The van der Waals surface area contributed by atoms with Crippen LogP contribution in [-0.2, 0) is 0 Å². The summed E-state index contributed by atoms with van der Waals surface area (Å²) >= 11 is 0. The molecule has 0 saturated heterocycles. The Bertz CT molecular complexity index is 194. The molecule has 0 atom stereocenters. The molecule has 0 heterocycles. The normalized spacial score (nSPS) is 11.5. The zero-order chi connectivity index (χ0) is 17.7. The van der Waals surface area contributed by atoms with Crippen molar-refractivity contribution in [3.8, 4) is 0 Å². The van der Waals surface area contributed by atoms with Gasteiger partial charge >= 0.3 is 0 Å². The fraction of sp³-hybridized carbons (Fsp3) is 1.00. The highest BCUT2D eigenvalue weighted by molar-refractivity contribution is 4.62. The van der Waals surface area contributed by atoms with E-state index in [1.165, 1.54) is 122 Å². The summed E-state index contributed by atoms with van der Waals surface area (Å²) in [5.74, 6) is 0.912. The molecule has 0 unspecified atom stereocenters. The van der Waals surface area contributed by atoms with Crippen LogP contribution >= 0.6 is 0 Å². The minimum atomic E-state index is 0.888. The molecule has 1 nitrogen and oxygen atoms in total. The Labute approximate surface area is 154 Å². The van der Waals surface area contributed by atoms with Crippen LogP contribution in [0.3, 0.4) is 0 Å². The van der Waals surface area contributed by atoms with Crippen LogP contribution in [0.2, 0.25) is 0 Å². The zero-order valence-electron chi connectivity index (χ0n) is 17.3. The summed E-state index contributed by atoms with van der Waals surface area (Å²) < 4.78 is 0. The lowest BCUT2D eigenvalue weighted by molar-refractivity contribution is 0.384. The first-order valence-corrected chi connectivity index (χ1v) is 11.5. The third-order valence-electron chi connectivity index (χ3n) is 5.51. The van der Waals surface area contributed by atoms with Gasteiger partial charge in [0.1, 0.15) is 0 Å². The highest BCUT2D eigenvalue weighted by Gasteiger charge is 2.07. The molecular weight excluding hydrogens is 290 g/mol. The molecule has 0 aromatic rings. The number of hydrogen-bond acceptors (Lipinski definition) is 1. The fourth-order valence-corrected chi connectivity index (χ4v) is 3.80. The van der Waals surface area contributed by atoms with Crippen LogP contribution in [0.1, 0.15) is 136 Å². The maximum Gasteiger partial charge on any atom is -0.00746 e. The van der Waals surface area contributed by atoms with E-state index in [2.05, 4.69) is 13.8 Å². The standard InChI is InChI=1S/C23H49N/c1-3-5-7-9-11-13-15-17-19-23(21-22-24)20-18-16-14-12-10-8-6-4-2/h23H,3-22,24H2,1-2H3. The average Bonchev–Trinajstić information content (AvgIpc) is 2.59. The molecule has 0 aromatic heterocycles. The van der Waals surface area contributed by atoms with Gasteiger partial charge in [-0.2, -0.15) is 0 Å². The van der Waals surface area contributed by atoms with Crippen molar-refractivity contribution in [2.24, 2.45) is 11.7 Å². The second-order valence-corrected chi connectivity index (χ2v) is 7.97. The van der Waals surface area contributed by atoms with Crippen LogP contribution in [0.15, 0.2) is 0 Å². The molecular formula is C23H49N. The predicted octanol–water partition coefficient (Wildman–Crippen LogP) is 8.01. The lowest BCUT2D eigenvalue weighted by atomic mass is 9.91. The Kier molecular flexibility index (Phi) is 21.0. The fourth-order valence-electron chi connectivity index (χ4n) is 3.80. The molecule has 0 bridgehead atoms. The van der Waals surface area contributed by atoms with Crippen molar-refractivity contribution in [2.45, 2.75) is 136 Å². The lowest BCUT2D eigenvalue weighted by Gasteiger charge is -2.16. The van der Waals surface area contributed by atoms with E-state index in [1.807, 2.05) is 0 Å². The van der Waals surface area contributed by atoms with Crippen LogP contribution in [0, 0.1) is 5.92 Å². The minimum Gasteiger partial charge on any atom is -0.330 e. The third kappa shape index (κ3) is 18.3. The van der Waals surface area contributed by atoms with Gasteiger partial charge in [-0.05, 0) is 18.9 Å². The quantitative estimate of drug-likeness (QED) is 0.223. The van der Waals surface area contributed by atoms with Crippen LogP contribution in [0.4, 0.5) is 0 Å². The predicted molar refractivity (Wildman–Crippen MR) is 112 cm³/mol. The van der Waals surface area contributed by atoms with E-state index in [4.69, 9.17) is 5.73 Å². The topological polar surface area (TPSA) is 26.0 Å². The van der Waals surface area contributed by atoms with E-state index < -0.39 is 0 Å². The molecule has 0 spiro atoms. The maximum atomic E-state index is 5.83. The Morgan fingerprint density at radius 2 is 0.792 bits per heavy atom. The molecule has 146 valence electrons. The molecule has 0 radical (unpaired) electrons. The number of rotatable bonds is 20. The van der Waals surface area contributed by atoms with Crippen LogP contribution in [0.25, 0.3) is 0 Å². The summed E-state index contributed by atoms with van der Waals surface area (Å²) in [4.78, 5) is 0. The summed E-state index contributed by atoms with van der Waals surface area (Å²) in [5.41, 5.74) is 5.83. The molecule has 0 aliphatic carbocycles. The Hall–Kier alpha value is -0.0400. The van der Waals surface area contributed by atoms with Crippen molar-refractivity contribution in [3.05, 3.63) is 0 Å². The van der Waals surface area contributed by atoms with Crippen LogP contribution in [-0.4, -0.2) is 6.54 Å². The van der Waals surface area contributed by atoms with Gasteiger partial charge in [-0.25, -0.2) is 0 Å². The van der Waals surface area contributed by atoms with Gasteiger partial charge in [0.05, 0.1) is 0 Å². The van der Waals surface area contributed by atoms with Gasteiger partial charge in [-0.1, -0.05) is 129 Å². The van der Waals surface area contributed by atoms with Gasteiger partial charge in [0, 0.05) is 0 Å². The summed E-state index contributed by atoms with van der Waals surface area (Å²) in [6, 6.07) is 0. The Balaban J connectivity index is 3.43.